The van der Waals surface area contributed by atoms with E-state index < -0.39 is 0 Å². The first-order valence-corrected chi connectivity index (χ1v) is 8.74. The van der Waals surface area contributed by atoms with Gasteiger partial charge >= 0.3 is 5.97 Å². The van der Waals surface area contributed by atoms with Crippen LogP contribution in [-0.2, 0) is 22.6 Å². The molecule has 2 heterocycles. The van der Waals surface area contributed by atoms with E-state index in [1.807, 2.05) is 27.7 Å². The minimum atomic E-state index is -0.292. The summed E-state index contributed by atoms with van der Waals surface area (Å²) < 4.78 is 15.3. The first kappa shape index (κ1) is 22.4. The molecule has 0 aromatic carbocycles. The van der Waals surface area contributed by atoms with Crippen molar-refractivity contribution in [3.8, 4) is 11.5 Å². The molecule has 0 aliphatic rings. The van der Waals surface area contributed by atoms with Gasteiger partial charge in [0.15, 0.2) is 0 Å². The molecular formula is C20H28N2O5. The fraction of sp³-hybridized carbons (Fsp3) is 0.450. The zero-order chi connectivity index (χ0) is 20.2. The third kappa shape index (κ3) is 9.55. The maximum atomic E-state index is 11.0. The Hall–Kier alpha value is -2.67. The van der Waals surface area contributed by atoms with E-state index in [1.165, 1.54) is 7.11 Å². The van der Waals surface area contributed by atoms with Gasteiger partial charge in [-0.15, -0.1) is 0 Å². The Morgan fingerprint density at radius 1 is 0.926 bits per heavy atom. The van der Waals surface area contributed by atoms with Crippen molar-refractivity contribution in [1.29, 1.82) is 0 Å². The van der Waals surface area contributed by atoms with Gasteiger partial charge in [-0.1, -0.05) is 0 Å². The number of rotatable bonds is 7. The van der Waals surface area contributed by atoms with E-state index in [2.05, 4.69) is 14.7 Å². The average Bonchev–Trinajstić information content (AvgIpc) is 2.63. The molecule has 0 saturated carbocycles. The van der Waals surface area contributed by atoms with Crippen molar-refractivity contribution >= 4 is 5.97 Å². The van der Waals surface area contributed by atoms with Crippen LogP contribution in [0.1, 0.15) is 39.1 Å². The van der Waals surface area contributed by atoms with Crippen molar-refractivity contribution in [1.82, 2.24) is 9.97 Å². The minimum absolute atomic E-state index is 0.0258. The van der Waals surface area contributed by atoms with Gasteiger partial charge in [0.2, 0.25) is 0 Å². The summed E-state index contributed by atoms with van der Waals surface area (Å²) in [4.78, 5) is 19.0. The van der Waals surface area contributed by atoms with Crippen LogP contribution in [0.25, 0.3) is 0 Å². The zero-order valence-corrected chi connectivity index (χ0v) is 16.5. The van der Waals surface area contributed by atoms with Crippen molar-refractivity contribution < 1.29 is 24.1 Å². The fourth-order valence-corrected chi connectivity index (χ4v) is 1.92. The highest BCUT2D eigenvalue weighted by Crippen LogP contribution is 2.12. The number of esters is 1. The zero-order valence-electron chi connectivity index (χ0n) is 16.5. The summed E-state index contributed by atoms with van der Waals surface area (Å²) in [6, 6.07) is 7.11. The highest BCUT2D eigenvalue weighted by atomic mass is 16.5. The predicted octanol–water partition coefficient (Wildman–Crippen LogP) is 2.95. The number of carbonyl (C=O) groups is 1. The van der Waals surface area contributed by atoms with Crippen LogP contribution in [0.4, 0.5) is 0 Å². The quantitative estimate of drug-likeness (QED) is 0.743. The number of ether oxygens (including phenoxy) is 3. The molecule has 0 radical (unpaired) electrons. The number of pyridine rings is 2. The van der Waals surface area contributed by atoms with E-state index >= 15 is 0 Å². The van der Waals surface area contributed by atoms with Crippen LogP contribution < -0.4 is 9.47 Å². The Balaban J connectivity index is 0.000000277. The number of methoxy groups -OCH3 is 1. The largest absolute Gasteiger partial charge is 0.489 e. The lowest BCUT2D eigenvalue weighted by Gasteiger charge is -2.09. The molecule has 0 amide bonds. The number of carbonyl (C=O) groups excluding carboxylic acids is 1. The molecule has 0 aliphatic heterocycles. The third-order valence-electron chi connectivity index (χ3n) is 3.05. The van der Waals surface area contributed by atoms with Gasteiger partial charge in [-0.3, -0.25) is 14.8 Å². The van der Waals surface area contributed by atoms with Gasteiger partial charge < -0.3 is 19.3 Å². The van der Waals surface area contributed by atoms with Crippen LogP contribution in [0.15, 0.2) is 36.7 Å². The smallest absolute Gasteiger partial charge is 0.311 e. The average molecular weight is 376 g/mol. The standard InChI is InChI=1S/C11H15NO3.C9H13NO2/c1-8(2)15-10-5-4-9(12-7-10)6-11(13)14-3;1-7(2)12-9-4-3-8(6-11)10-5-9/h4-5,7-8H,6H2,1-3H3;3-5,7,11H,6H2,1-2H3. The summed E-state index contributed by atoms with van der Waals surface area (Å²) in [6.07, 6.45) is 3.70. The van der Waals surface area contributed by atoms with Crippen molar-refractivity contribution in [3.05, 3.63) is 48.0 Å². The van der Waals surface area contributed by atoms with Crippen LogP contribution in [0.2, 0.25) is 0 Å². The molecule has 0 saturated heterocycles. The SMILES string of the molecule is CC(C)Oc1ccc(CO)nc1.COC(=O)Cc1ccc(OC(C)C)cn1. The monoisotopic (exact) mass is 376 g/mol. The molecule has 0 aliphatic carbocycles. The number of aliphatic hydroxyl groups excluding tert-OH is 1. The molecule has 2 aromatic rings. The van der Waals surface area contributed by atoms with Gasteiger partial charge in [0.25, 0.3) is 0 Å². The Kier molecular flexibility index (Phi) is 9.82. The van der Waals surface area contributed by atoms with Crippen LogP contribution in [0.3, 0.4) is 0 Å². The predicted molar refractivity (Wildman–Crippen MR) is 102 cm³/mol. The maximum Gasteiger partial charge on any atom is 0.311 e. The second-order valence-electron chi connectivity index (χ2n) is 6.21. The molecule has 0 atom stereocenters. The molecular weight excluding hydrogens is 348 g/mol. The second-order valence-corrected chi connectivity index (χ2v) is 6.21. The maximum absolute atomic E-state index is 11.0. The normalized spacial score (nSPS) is 10.2. The molecule has 0 fully saturated rings. The first-order valence-electron chi connectivity index (χ1n) is 8.74. The molecule has 1 N–H and O–H groups in total. The van der Waals surface area contributed by atoms with E-state index in [9.17, 15) is 4.79 Å². The summed E-state index contributed by atoms with van der Waals surface area (Å²) in [5.41, 5.74) is 1.34. The van der Waals surface area contributed by atoms with Crippen molar-refractivity contribution in [2.75, 3.05) is 7.11 Å². The molecule has 7 heteroatoms. The second kappa shape index (κ2) is 11.9. The molecule has 2 rings (SSSR count). The van der Waals surface area contributed by atoms with Gasteiger partial charge in [0, 0.05) is 0 Å². The third-order valence-corrected chi connectivity index (χ3v) is 3.05. The number of hydrogen-bond donors (Lipinski definition) is 1. The van der Waals surface area contributed by atoms with Crippen molar-refractivity contribution in [2.45, 2.75) is 52.9 Å². The van der Waals surface area contributed by atoms with Crippen molar-refractivity contribution in [3.63, 3.8) is 0 Å². The highest BCUT2D eigenvalue weighted by molar-refractivity contribution is 5.71. The molecule has 2 aromatic heterocycles. The molecule has 7 nitrogen and oxygen atoms in total. The summed E-state index contributed by atoms with van der Waals surface area (Å²) in [7, 11) is 1.36. The fourth-order valence-electron chi connectivity index (χ4n) is 1.92. The summed E-state index contributed by atoms with van der Waals surface area (Å²) in [5, 5.41) is 8.71. The molecule has 0 bridgehead atoms. The number of nitrogens with zero attached hydrogens (tertiary/aromatic N) is 2. The topological polar surface area (TPSA) is 90.8 Å². The number of aliphatic hydroxyl groups is 1. The van der Waals surface area contributed by atoms with E-state index in [0.29, 0.717) is 17.1 Å². The van der Waals surface area contributed by atoms with Crippen molar-refractivity contribution in [2.24, 2.45) is 0 Å². The van der Waals surface area contributed by atoms with Crippen LogP contribution >= 0.6 is 0 Å². The number of aromatic nitrogens is 2. The Labute approximate surface area is 160 Å². The number of hydrogen-bond acceptors (Lipinski definition) is 7. The summed E-state index contributed by atoms with van der Waals surface area (Å²) in [5.74, 6) is 1.15. The van der Waals surface area contributed by atoms with Gasteiger partial charge in [0.1, 0.15) is 11.5 Å². The summed E-state index contributed by atoms with van der Waals surface area (Å²) >= 11 is 0. The lowest BCUT2D eigenvalue weighted by Crippen LogP contribution is -2.08. The van der Waals surface area contributed by atoms with Crippen LogP contribution in [0.5, 0.6) is 11.5 Å². The molecule has 27 heavy (non-hydrogen) atoms. The lowest BCUT2D eigenvalue weighted by molar-refractivity contribution is -0.139. The molecule has 0 spiro atoms. The molecule has 148 valence electrons. The lowest BCUT2D eigenvalue weighted by atomic mass is 10.3. The minimum Gasteiger partial charge on any atom is -0.489 e. The Morgan fingerprint density at radius 2 is 1.41 bits per heavy atom. The van der Waals surface area contributed by atoms with Gasteiger partial charge in [-0.2, -0.15) is 0 Å². The Bertz CT molecular complexity index is 670. The van der Waals surface area contributed by atoms with E-state index in [4.69, 9.17) is 14.6 Å². The van der Waals surface area contributed by atoms with E-state index in [0.717, 1.165) is 5.75 Å². The first-order chi connectivity index (χ1) is 12.8. The van der Waals surface area contributed by atoms with Crippen LogP contribution in [0, 0.1) is 0 Å². The van der Waals surface area contributed by atoms with E-state index in [-0.39, 0.29) is 31.2 Å². The Morgan fingerprint density at radius 3 is 1.74 bits per heavy atom. The van der Waals surface area contributed by atoms with Gasteiger partial charge in [-0.05, 0) is 52.0 Å². The van der Waals surface area contributed by atoms with Gasteiger partial charge in [-0.25, -0.2) is 0 Å². The highest BCUT2D eigenvalue weighted by Gasteiger charge is 2.04. The summed E-state index contributed by atoms with van der Waals surface area (Å²) in [6.45, 7) is 7.78. The van der Waals surface area contributed by atoms with Crippen LogP contribution in [-0.4, -0.2) is 40.4 Å². The molecule has 0 unspecified atom stereocenters. The van der Waals surface area contributed by atoms with E-state index in [1.54, 1.807) is 36.7 Å². The van der Waals surface area contributed by atoms with Gasteiger partial charge in [0.05, 0.1) is 56.1 Å².